The molecule has 1 N–H and O–H groups in total. The van der Waals surface area contributed by atoms with Gasteiger partial charge >= 0.3 is 0 Å². The lowest BCUT2D eigenvalue weighted by atomic mass is 10.1. The highest BCUT2D eigenvalue weighted by molar-refractivity contribution is 5.52. The largest absolute Gasteiger partial charge is 0.381 e. The molecule has 0 amide bonds. The summed E-state index contributed by atoms with van der Waals surface area (Å²) >= 11 is 0. The Morgan fingerprint density at radius 2 is 1.69 bits per heavy atom. The van der Waals surface area contributed by atoms with E-state index in [-0.39, 0.29) is 0 Å². The quantitative estimate of drug-likeness (QED) is 0.811. The molecule has 82 valence electrons. The van der Waals surface area contributed by atoms with Crippen molar-refractivity contribution >= 4 is 5.69 Å². The van der Waals surface area contributed by atoms with E-state index < -0.39 is 0 Å². The van der Waals surface area contributed by atoms with Crippen LogP contribution in [0.2, 0.25) is 0 Å². The topological polar surface area (TPSA) is 12.0 Å². The molecule has 0 aromatic heterocycles. The van der Waals surface area contributed by atoms with Gasteiger partial charge in [0.2, 0.25) is 0 Å². The van der Waals surface area contributed by atoms with Crippen molar-refractivity contribution in [2.75, 3.05) is 5.32 Å². The minimum absolute atomic E-state index is 0.880. The van der Waals surface area contributed by atoms with Gasteiger partial charge in [0.15, 0.2) is 0 Å². The molecule has 0 aliphatic rings. The van der Waals surface area contributed by atoms with Crippen LogP contribution in [0.3, 0.4) is 0 Å². The number of anilines is 1. The first-order valence-corrected chi connectivity index (χ1v) is 5.61. The number of hydrogen-bond acceptors (Lipinski definition) is 1. The third kappa shape index (κ3) is 2.63. The number of hydrogen-bond donors (Lipinski definition) is 1. The maximum absolute atomic E-state index is 3.46. The van der Waals surface area contributed by atoms with E-state index in [0.29, 0.717) is 0 Å². The van der Waals surface area contributed by atoms with E-state index in [9.17, 15) is 0 Å². The van der Waals surface area contributed by atoms with Crippen molar-refractivity contribution in [1.29, 1.82) is 0 Å². The second-order valence-corrected chi connectivity index (χ2v) is 4.16. The zero-order chi connectivity index (χ0) is 11.4. The number of benzene rings is 2. The molecular formula is C15H17N. The molecule has 16 heavy (non-hydrogen) atoms. The molecule has 1 heteroatoms. The lowest BCUT2D eigenvalue weighted by molar-refractivity contribution is 1.14. The monoisotopic (exact) mass is 211 g/mol. The van der Waals surface area contributed by atoms with E-state index in [4.69, 9.17) is 0 Å². The van der Waals surface area contributed by atoms with Gasteiger partial charge in [-0.3, -0.25) is 0 Å². The predicted octanol–water partition coefficient (Wildman–Crippen LogP) is 3.92. The van der Waals surface area contributed by atoms with E-state index in [1.54, 1.807) is 0 Å². The average Bonchev–Trinajstić information content (AvgIpc) is 2.29. The van der Waals surface area contributed by atoms with Crippen molar-refractivity contribution in [2.24, 2.45) is 0 Å². The molecule has 0 heterocycles. The second kappa shape index (κ2) is 4.84. The summed E-state index contributed by atoms with van der Waals surface area (Å²) < 4.78 is 0. The Balaban J connectivity index is 2.05. The van der Waals surface area contributed by atoms with Crippen molar-refractivity contribution in [3.05, 3.63) is 65.2 Å². The van der Waals surface area contributed by atoms with Gasteiger partial charge in [0, 0.05) is 12.2 Å². The third-order valence-corrected chi connectivity index (χ3v) is 2.71. The summed E-state index contributed by atoms with van der Waals surface area (Å²) in [5.74, 6) is 0. The molecule has 0 aliphatic carbocycles. The molecule has 0 aliphatic heterocycles. The van der Waals surface area contributed by atoms with Gasteiger partial charge in [-0.2, -0.15) is 0 Å². The van der Waals surface area contributed by atoms with Crippen LogP contribution in [-0.2, 0) is 6.54 Å². The van der Waals surface area contributed by atoms with Crippen LogP contribution in [0, 0.1) is 13.8 Å². The lowest BCUT2D eigenvalue weighted by Gasteiger charge is -2.10. The summed E-state index contributed by atoms with van der Waals surface area (Å²) in [5.41, 5.74) is 5.13. The van der Waals surface area contributed by atoms with Crippen molar-refractivity contribution in [1.82, 2.24) is 0 Å². The third-order valence-electron chi connectivity index (χ3n) is 2.71. The summed E-state index contributed by atoms with van der Waals surface area (Å²) in [6.45, 7) is 5.14. The van der Waals surface area contributed by atoms with Gasteiger partial charge in [-0.05, 0) is 31.0 Å². The Labute approximate surface area is 97.1 Å². The van der Waals surface area contributed by atoms with Crippen LogP contribution < -0.4 is 5.32 Å². The molecule has 0 radical (unpaired) electrons. The Morgan fingerprint density at radius 1 is 0.938 bits per heavy atom. The van der Waals surface area contributed by atoms with Gasteiger partial charge in [0.05, 0.1) is 0 Å². The summed E-state index contributed by atoms with van der Waals surface area (Å²) in [7, 11) is 0. The normalized spacial score (nSPS) is 10.1. The molecule has 0 fully saturated rings. The number of aryl methyl sites for hydroxylation is 2. The first-order valence-electron chi connectivity index (χ1n) is 5.61. The van der Waals surface area contributed by atoms with E-state index in [2.05, 4.69) is 61.6 Å². The second-order valence-electron chi connectivity index (χ2n) is 4.16. The highest BCUT2D eigenvalue weighted by Crippen LogP contribution is 2.16. The first-order chi connectivity index (χ1) is 7.75. The van der Waals surface area contributed by atoms with Crippen LogP contribution in [0.5, 0.6) is 0 Å². The molecule has 0 saturated heterocycles. The summed E-state index contributed by atoms with van der Waals surface area (Å²) in [4.78, 5) is 0. The van der Waals surface area contributed by atoms with Crippen LogP contribution in [0.25, 0.3) is 0 Å². The molecule has 2 aromatic carbocycles. The Morgan fingerprint density at radius 3 is 2.38 bits per heavy atom. The molecule has 0 spiro atoms. The zero-order valence-corrected chi connectivity index (χ0v) is 9.83. The van der Waals surface area contributed by atoms with Crippen molar-refractivity contribution in [3.8, 4) is 0 Å². The fourth-order valence-corrected chi connectivity index (χ4v) is 1.81. The van der Waals surface area contributed by atoms with Gasteiger partial charge < -0.3 is 5.32 Å². The lowest BCUT2D eigenvalue weighted by Crippen LogP contribution is -2.00. The molecular weight excluding hydrogens is 194 g/mol. The number of nitrogens with one attached hydrogen (secondary N) is 1. The van der Waals surface area contributed by atoms with Gasteiger partial charge in [-0.25, -0.2) is 0 Å². The van der Waals surface area contributed by atoms with Crippen LogP contribution >= 0.6 is 0 Å². The summed E-state index contributed by atoms with van der Waals surface area (Å²) in [6.07, 6.45) is 0. The summed E-state index contributed by atoms with van der Waals surface area (Å²) in [5, 5.41) is 3.46. The molecule has 2 aromatic rings. The Bertz CT molecular complexity index is 460. The molecule has 0 bridgehead atoms. The maximum atomic E-state index is 3.46. The van der Waals surface area contributed by atoms with E-state index in [1.807, 2.05) is 6.07 Å². The SMILES string of the molecule is Cc1ccc(NCc2ccccc2)c(C)c1. The van der Waals surface area contributed by atoms with Crippen molar-refractivity contribution < 1.29 is 0 Å². The fourth-order valence-electron chi connectivity index (χ4n) is 1.81. The zero-order valence-electron chi connectivity index (χ0n) is 9.83. The highest BCUT2D eigenvalue weighted by Gasteiger charge is 1.97. The van der Waals surface area contributed by atoms with Crippen LogP contribution in [0.15, 0.2) is 48.5 Å². The smallest absolute Gasteiger partial charge is 0.0400 e. The van der Waals surface area contributed by atoms with Gasteiger partial charge in [-0.1, -0.05) is 48.0 Å². The molecule has 2 rings (SSSR count). The predicted molar refractivity (Wildman–Crippen MR) is 69.7 cm³/mol. The van der Waals surface area contributed by atoms with Crippen LogP contribution in [0.4, 0.5) is 5.69 Å². The van der Waals surface area contributed by atoms with Crippen molar-refractivity contribution in [2.45, 2.75) is 20.4 Å². The Kier molecular flexibility index (Phi) is 3.25. The van der Waals surface area contributed by atoms with Crippen LogP contribution in [-0.4, -0.2) is 0 Å². The fraction of sp³-hybridized carbons (Fsp3) is 0.200. The molecule has 0 atom stereocenters. The molecule has 1 nitrogen and oxygen atoms in total. The average molecular weight is 211 g/mol. The van der Waals surface area contributed by atoms with Crippen molar-refractivity contribution in [3.63, 3.8) is 0 Å². The van der Waals surface area contributed by atoms with Gasteiger partial charge in [-0.15, -0.1) is 0 Å². The first kappa shape index (κ1) is 10.7. The van der Waals surface area contributed by atoms with Crippen LogP contribution in [0.1, 0.15) is 16.7 Å². The van der Waals surface area contributed by atoms with E-state index in [1.165, 1.54) is 22.4 Å². The molecule has 0 unspecified atom stereocenters. The van der Waals surface area contributed by atoms with E-state index in [0.717, 1.165) is 6.54 Å². The standard InChI is InChI=1S/C15H17N/c1-12-8-9-15(13(2)10-12)16-11-14-6-4-3-5-7-14/h3-10,16H,11H2,1-2H3. The number of rotatable bonds is 3. The van der Waals surface area contributed by atoms with E-state index >= 15 is 0 Å². The van der Waals surface area contributed by atoms with Gasteiger partial charge in [0.1, 0.15) is 0 Å². The highest BCUT2D eigenvalue weighted by atomic mass is 14.9. The minimum atomic E-state index is 0.880. The minimum Gasteiger partial charge on any atom is -0.381 e. The summed E-state index contributed by atoms with van der Waals surface area (Å²) in [6, 6.07) is 16.9. The maximum Gasteiger partial charge on any atom is 0.0400 e. The Hall–Kier alpha value is -1.76. The van der Waals surface area contributed by atoms with Gasteiger partial charge in [0.25, 0.3) is 0 Å². The molecule has 0 saturated carbocycles.